The van der Waals surface area contributed by atoms with Crippen molar-refractivity contribution < 1.29 is 14.3 Å². The largest absolute Gasteiger partial charge is 0.454 e. The maximum absolute atomic E-state index is 12.2. The Morgan fingerprint density at radius 2 is 1.67 bits per heavy atom. The van der Waals surface area contributed by atoms with Crippen LogP contribution in [0, 0.1) is 0 Å². The molecule has 2 aromatic carbocycles. The first kappa shape index (κ1) is 14.3. The molecular weight excluding hydrogens is 337 g/mol. The molecule has 2 aromatic rings. The number of hydrogen-bond donors (Lipinski definition) is 1. The fourth-order valence-corrected chi connectivity index (χ4v) is 2.44. The second-order valence-corrected chi connectivity index (χ2v) is 5.49. The molecule has 1 amide bonds. The van der Waals surface area contributed by atoms with E-state index < -0.39 is 0 Å². The van der Waals surface area contributed by atoms with E-state index in [1.165, 1.54) is 12.1 Å². The van der Waals surface area contributed by atoms with Gasteiger partial charge in [0.2, 0.25) is 6.79 Å². The number of hydrogen-bond acceptors (Lipinski definition) is 3. The van der Waals surface area contributed by atoms with E-state index in [0.717, 1.165) is 0 Å². The smallest absolute Gasteiger partial charge is 0.255 e. The van der Waals surface area contributed by atoms with Gasteiger partial charge in [-0.25, -0.2) is 0 Å². The van der Waals surface area contributed by atoms with E-state index in [-0.39, 0.29) is 12.7 Å². The first-order valence-corrected chi connectivity index (χ1v) is 7.03. The minimum atomic E-state index is -0.339. The lowest BCUT2D eigenvalue weighted by Gasteiger charge is -2.09. The molecule has 0 aromatic heterocycles. The zero-order valence-electron chi connectivity index (χ0n) is 10.5. The Hall–Kier alpha value is -1.62. The Morgan fingerprint density at radius 1 is 0.952 bits per heavy atom. The molecule has 0 aliphatic carbocycles. The Bertz CT molecular complexity index is 734. The maximum Gasteiger partial charge on any atom is 0.255 e. The number of halogens is 3. The topological polar surface area (TPSA) is 47.6 Å². The van der Waals surface area contributed by atoms with Gasteiger partial charge in [-0.3, -0.25) is 4.79 Å². The average Bonchev–Trinajstić information content (AvgIpc) is 2.92. The fraction of sp³-hybridized carbons (Fsp3) is 0.0714. The van der Waals surface area contributed by atoms with Crippen molar-refractivity contribution in [2.75, 3.05) is 12.1 Å². The second kappa shape index (κ2) is 5.64. The number of anilines is 1. The van der Waals surface area contributed by atoms with Crippen LogP contribution in [-0.4, -0.2) is 12.7 Å². The minimum absolute atomic E-state index is 0.152. The Labute approximate surface area is 135 Å². The molecule has 0 bridgehead atoms. The molecule has 0 atom stereocenters. The molecular formula is C14H8Cl3NO3. The van der Waals surface area contributed by atoms with E-state index in [0.29, 0.717) is 37.8 Å². The molecule has 0 fully saturated rings. The van der Waals surface area contributed by atoms with Gasteiger partial charge >= 0.3 is 0 Å². The van der Waals surface area contributed by atoms with E-state index in [9.17, 15) is 4.79 Å². The summed E-state index contributed by atoms with van der Waals surface area (Å²) in [6.45, 7) is 0.152. The Balaban J connectivity index is 1.85. The molecule has 0 spiro atoms. The molecule has 1 aliphatic rings. The van der Waals surface area contributed by atoms with Gasteiger partial charge in [-0.15, -0.1) is 0 Å². The average molecular weight is 345 g/mol. The van der Waals surface area contributed by atoms with Crippen molar-refractivity contribution >= 4 is 46.4 Å². The van der Waals surface area contributed by atoms with Crippen LogP contribution >= 0.6 is 34.8 Å². The zero-order valence-corrected chi connectivity index (χ0v) is 12.7. The summed E-state index contributed by atoms with van der Waals surface area (Å²) in [5.41, 5.74) is 0.801. The highest BCUT2D eigenvalue weighted by Crippen LogP contribution is 2.34. The maximum atomic E-state index is 12.2. The standard InChI is InChI=1S/C14H8Cl3NO3/c15-8-4-10(17)11(5-9(8)16)18-14(19)7-1-2-12-13(3-7)21-6-20-12/h1-5H,6H2,(H,18,19). The number of rotatable bonds is 2. The summed E-state index contributed by atoms with van der Waals surface area (Å²) in [7, 11) is 0. The normalized spacial score (nSPS) is 12.3. The summed E-state index contributed by atoms with van der Waals surface area (Å²) in [4.78, 5) is 12.2. The van der Waals surface area contributed by atoms with Crippen molar-refractivity contribution in [3.05, 3.63) is 51.0 Å². The highest BCUT2D eigenvalue weighted by Gasteiger charge is 2.17. The van der Waals surface area contributed by atoms with Crippen LogP contribution in [0.5, 0.6) is 11.5 Å². The van der Waals surface area contributed by atoms with Gasteiger partial charge in [-0.05, 0) is 30.3 Å². The number of ether oxygens (including phenoxy) is 2. The van der Waals surface area contributed by atoms with E-state index in [4.69, 9.17) is 44.3 Å². The molecule has 0 unspecified atom stereocenters. The highest BCUT2D eigenvalue weighted by atomic mass is 35.5. The van der Waals surface area contributed by atoms with Crippen LogP contribution in [0.1, 0.15) is 10.4 Å². The van der Waals surface area contributed by atoms with Crippen molar-refractivity contribution in [3.8, 4) is 11.5 Å². The molecule has 0 saturated heterocycles. The third-order valence-electron chi connectivity index (χ3n) is 2.89. The summed E-state index contributed by atoms with van der Waals surface area (Å²) in [6.07, 6.45) is 0. The SMILES string of the molecule is O=C(Nc1cc(Cl)c(Cl)cc1Cl)c1ccc2c(c1)OCO2. The van der Waals surface area contributed by atoms with E-state index in [1.807, 2.05) is 0 Å². The van der Waals surface area contributed by atoms with E-state index in [2.05, 4.69) is 5.32 Å². The molecule has 1 aliphatic heterocycles. The zero-order chi connectivity index (χ0) is 15.0. The lowest BCUT2D eigenvalue weighted by Crippen LogP contribution is -2.12. The number of fused-ring (bicyclic) bond motifs is 1. The number of benzene rings is 2. The van der Waals surface area contributed by atoms with Crippen LogP contribution in [-0.2, 0) is 0 Å². The second-order valence-electron chi connectivity index (χ2n) is 4.27. The van der Waals surface area contributed by atoms with Crippen molar-refractivity contribution in [2.45, 2.75) is 0 Å². The molecule has 108 valence electrons. The van der Waals surface area contributed by atoms with Crippen LogP contribution in [0.15, 0.2) is 30.3 Å². The number of amides is 1. The van der Waals surface area contributed by atoms with Gasteiger partial charge < -0.3 is 14.8 Å². The molecule has 1 N–H and O–H groups in total. The van der Waals surface area contributed by atoms with Gasteiger partial charge in [0.15, 0.2) is 11.5 Å². The molecule has 0 saturated carbocycles. The van der Waals surface area contributed by atoms with Crippen LogP contribution in [0.25, 0.3) is 0 Å². The monoisotopic (exact) mass is 343 g/mol. The third kappa shape index (κ3) is 2.88. The summed E-state index contributed by atoms with van der Waals surface area (Å²) >= 11 is 17.8. The molecule has 21 heavy (non-hydrogen) atoms. The Morgan fingerprint density at radius 3 is 2.48 bits per heavy atom. The van der Waals surface area contributed by atoms with Crippen molar-refractivity contribution in [3.63, 3.8) is 0 Å². The Kier molecular flexibility index (Phi) is 3.85. The van der Waals surface area contributed by atoms with Gasteiger partial charge in [0.05, 0.1) is 20.8 Å². The summed E-state index contributed by atoms with van der Waals surface area (Å²) in [6, 6.07) is 7.88. The van der Waals surface area contributed by atoms with Gasteiger partial charge in [0, 0.05) is 5.56 Å². The predicted octanol–water partition coefficient (Wildman–Crippen LogP) is 4.63. The van der Waals surface area contributed by atoms with Crippen molar-refractivity contribution in [1.29, 1.82) is 0 Å². The lowest BCUT2D eigenvalue weighted by molar-refractivity contribution is 0.102. The first-order valence-electron chi connectivity index (χ1n) is 5.90. The van der Waals surface area contributed by atoms with Gasteiger partial charge in [0.1, 0.15) is 0 Å². The molecule has 7 heteroatoms. The third-order valence-corrected chi connectivity index (χ3v) is 3.93. The minimum Gasteiger partial charge on any atom is -0.454 e. The van der Waals surface area contributed by atoms with Crippen LogP contribution in [0.2, 0.25) is 15.1 Å². The summed E-state index contributed by atoms with van der Waals surface area (Å²) < 4.78 is 10.4. The molecule has 0 radical (unpaired) electrons. The summed E-state index contributed by atoms with van der Waals surface area (Å²) in [5.74, 6) is 0.801. The van der Waals surface area contributed by atoms with E-state index >= 15 is 0 Å². The van der Waals surface area contributed by atoms with Crippen LogP contribution in [0.3, 0.4) is 0 Å². The quantitative estimate of drug-likeness (QED) is 0.808. The molecule has 3 rings (SSSR count). The van der Waals surface area contributed by atoms with E-state index in [1.54, 1.807) is 18.2 Å². The lowest BCUT2D eigenvalue weighted by atomic mass is 10.2. The molecule has 1 heterocycles. The number of nitrogens with one attached hydrogen (secondary N) is 1. The van der Waals surface area contributed by atoms with Crippen LogP contribution in [0.4, 0.5) is 5.69 Å². The van der Waals surface area contributed by atoms with Gasteiger partial charge in [-0.1, -0.05) is 34.8 Å². The fourth-order valence-electron chi connectivity index (χ4n) is 1.85. The molecule has 4 nitrogen and oxygen atoms in total. The van der Waals surface area contributed by atoms with Crippen molar-refractivity contribution in [1.82, 2.24) is 0 Å². The number of carbonyl (C=O) groups excluding carboxylic acids is 1. The summed E-state index contributed by atoms with van der Waals surface area (Å²) in [5, 5.41) is 3.61. The van der Waals surface area contributed by atoms with Crippen molar-refractivity contribution in [2.24, 2.45) is 0 Å². The van der Waals surface area contributed by atoms with Gasteiger partial charge in [-0.2, -0.15) is 0 Å². The van der Waals surface area contributed by atoms with Gasteiger partial charge in [0.25, 0.3) is 5.91 Å². The first-order chi connectivity index (χ1) is 10.0. The highest BCUT2D eigenvalue weighted by molar-refractivity contribution is 6.44. The van der Waals surface area contributed by atoms with Crippen LogP contribution < -0.4 is 14.8 Å². The predicted molar refractivity (Wildman–Crippen MR) is 82.0 cm³/mol. The number of carbonyl (C=O) groups is 1.